The van der Waals surface area contributed by atoms with Crippen molar-refractivity contribution in [3.8, 4) is 23.2 Å². The van der Waals surface area contributed by atoms with E-state index in [1.807, 2.05) is 6.07 Å². The molecular weight excluding hydrogens is 588 g/mol. The minimum atomic E-state index is -0.846. The molecule has 1 aliphatic rings. The first-order chi connectivity index (χ1) is 21.7. The van der Waals surface area contributed by atoms with Gasteiger partial charge in [-0.3, -0.25) is 4.39 Å². The summed E-state index contributed by atoms with van der Waals surface area (Å²) in [5.41, 5.74) is 1.52. The Morgan fingerprint density at radius 1 is 0.978 bits per heavy atom. The van der Waals surface area contributed by atoms with Crippen LogP contribution in [0.2, 0.25) is 0 Å². The average molecular weight is 615 g/mol. The quantitative estimate of drug-likeness (QED) is 0.123. The normalized spacial score (nSPS) is 13.4. The molecule has 45 heavy (non-hydrogen) atoms. The molecule has 6 rings (SSSR count). The van der Waals surface area contributed by atoms with Gasteiger partial charge in [-0.15, -0.1) is 0 Å². The van der Waals surface area contributed by atoms with Crippen molar-refractivity contribution in [1.82, 2.24) is 14.5 Å². The number of aromatic nitrogens is 3. The van der Waals surface area contributed by atoms with Crippen LogP contribution in [0.5, 0.6) is 5.88 Å². The number of esters is 1. The molecule has 11 heteroatoms. The van der Waals surface area contributed by atoms with Crippen LogP contribution in [0.3, 0.4) is 0 Å². The number of pyridine rings is 1. The predicted molar refractivity (Wildman–Crippen MR) is 157 cm³/mol. The highest BCUT2D eigenvalue weighted by atomic mass is 19.1. The second-order valence-electron chi connectivity index (χ2n) is 11.1. The van der Waals surface area contributed by atoms with E-state index in [1.165, 1.54) is 24.3 Å². The van der Waals surface area contributed by atoms with Crippen molar-refractivity contribution in [3.05, 3.63) is 112 Å². The van der Waals surface area contributed by atoms with E-state index < -0.39 is 35.5 Å². The molecule has 3 aromatic carbocycles. The fourth-order valence-electron chi connectivity index (χ4n) is 5.18. The van der Waals surface area contributed by atoms with Gasteiger partial charge >= 0.3 is 5.97 Å². The van der Waals surface area contributed by atoms with Crippen LogP contribution >= 0.6 is 0 Å². The van der Waals surface area contributed by atoms with Crippen molar-refractivity contribution in [3.63, 3.8) is 0 Å². The van der Waals surface area contributed by atoms with Gasteiger partial charge in [0.05, 0.1) is 47.7 Å². The molecule has 7 nitrogen and oxygen atoms in total. The molecule has 5 aromatic rings. The van der Waals surface area contributed by atoms with Gasteiger partial charge in [0, 0.05) is 41.6 Å². The van der Waals surface area contributed by atoms with E-state index in [4.69, 9.17) is 14.7 Å². The summed E-state index contributed by atoms with van der Waals surface area (Å²) in [7, 11) is 1.15. The van der Waals surface area contributed by atoms with Crippen molar-refractivity contribution in [2.24, 2.45) is 5.41 Å². The first-order valence-electron chi connectivity index (χ1n) is 14.1. The van der Waals surface area contributed by atoms with Crippen molar-refractivity contribution < 1.29 is 31.8 Å². The van der Waals surface area contributed by atoms with Crippen LogP contribution in [0, 0.1) is 34.2 Å². The minimum Gasteiger partial charge on any atom is -0.473 e. The van der Waals surface area contributed by atoms with Crippen LogP contribution in [0.25, 0.3) is 22.3 Å². The molecule has 1 aliphatic carbocycles. The Hall–Kier alpha value is -5.24. The van der Waals surface area contributed by atoms with Crippen molar-refractivity contribution in [1.29, 1.82) is 5.26 Å². The Balaban J connectivity index is 1.26. The van der Waals surface area contributed by atoms with Crippen LogP contribution in [-0.2, 0) is 24.3 Å². The predicted octanol–water partition coefficient (Wildman–Crippen LogP) is 7.09. The maximum atomic E-state index is 15.5. The first kappa shape index (κ1) is 29.8. The molecule has 0 saturated heterocycles. The summed E-state index contributed by atoms with van der Waals surface area (Å²) < 4.78 is 70.5. The lowest BCUT2D eigenvalue weighted by atomic mass is 10.0. The van der Waals surface area contributed by atoms with Gasteiger partial charge in [-0.1, -0.05) is 24.3 Å². The van der Waals surface area contributed by atoms with Gasteiger partial charge in [-0.25, -0.2) is 27.9 Å². The topological polar surface area (TPSA) is 90.0 Å². The molecule has 0 aliphatic heterocycles. The number of carbonyl (C=O) groups excluding carboxylic acids is 1. The smallest absolute Gasteiger partial charge is 0.340 e. The first-order valence-corrected chi connectivity index (χ1v) is 14.1. The van der Waals surface area contributed by atoms with Crippen molar-refractivity contribution >= 4 is 17.0 Å². The zero-order valence-corrected chi connectivity index (χ0v) is 24.1. The number of nitrogens with zero attached hydrogens (tertiary/aromatic N) is 4. The van der Waals surface area contributed by atoms with Gasteiger partial charge in [-0.2, -0.15) is 5.26 Å². The summed E-state index contributed by atoms with van der Waals surface area (Å²) in [5, 5.41) is 8.92. The molecule has 0 amide bonds. The molecule has 0 radical (unpaired) electrons. The van der Waals surface area contributed by atoms with Gasteiger partial charge in [0.2, 0.25) is 5.88 Å². The fraction of sp³-hybridized carbons (Fsp3) is 0.235. The summed E-state index contributed by atoms with van der Waals surface area (Å²) in [5.74, 6) is -2.14. The molecule has 0 N–H and O–H groups in total. The molecule has 0 atom stereocenters. The number of benzene rings is 3. The monoisotopic (exact) mass is 614 g/mol. The number of hydrogen-bond donors (Lipinski definition) is 0. The lowest BCUT2D eigenvalue weighted by Gasteiger charge is -2.16. The van der Waals surface area contributed by atoms with Gasteiger partial charge < -0.3 is 14.0 Å². The highest BCUT2D eigenvalue weighted by molar-refractivity contribution is 5.94. The zero-order valence-electron chi connectivity index (χ0n) is 24.1. The number of rotatable bonds is 10. The summed E-state index contributed by atoms with van der Waals surface area (Å²) >= 11 is 0. The summed E-state index contributed by atoms with van der Waals surface area (Å²) in [6.07, 6.45) is 1.38. The van der Waals surface area contributed by atoms with Crippen molar-refractivity contribution in [2.75, 3.05) is 13.8 Å². The van der Waals surface area contributed by atoms with Crippen LogP contribution in [0.1, 0.15) is 45.7 Å². The second-order valence-corrected chi connectivity index (χ2v) is 11.1. The maximum Gasteiger partial charge on any atom is 0.340 e. The van der Waals surface area contributed by atoms with E-state index in [0.29, 0.717) is 41.0 Å². The molecule has 0 spiro atoms. The molecule has 0 unspecified atom stereocenters. The lowest BCUT2D eigenvalue weighted by molar-refractivity contribution is 0.0595. The van der Waals surface area contributed by atoms with Gasteiger partial charge in [0.15, 0.2) is 0 Å². The summed E-state index contributed by atoms with van der Waals surface area (Å²) in [6, 6.07) is 18.0. The molecule has 2 aromatic heterocycles. The number of carbonyl (C=O) groups is 1. The SMILES string of the molecule is COC(=O)c1cc2c(cc1F)nc(Cc1ccc(-c3cccc(OCc4ccc(C#N)cc4F)n3)cc1F)n2CC1(CF)CC1. The fourth-order valence-corrected chi connectivity index (χ4v) is 5.18. The lowest BCUT2D eigenvalue weighted by Crippen LogP contribution is -2.16. The molecule has 1 saturated carbocycles. The van der Waals surface area contributed by atoms with Crippen LogP contribution in [0.15, 0.2) is 66.7 Å². The Labute approximate surface area is 255 Å². The van der Waals surface area contributed by atoms with E-state index in [2.05, 4.69) is 9.97 Å². The van der Waals surface area contributed by atoms with E-state index in [-0.39, 0.29) is 47.7 Å². The molecule has 1 fully saturated rings. The van der Waals surface area contributed by atoms with E-state index >= 15 is 4.39 Å². The largest absolute Gasteiger partial charge is 0.473 e. The molecule has 0 bridgehead atoms. The Morgan fingerprint density at radius 2 is 1.76 bits per heavy atom. The number of imidazole rings is 1. The van der Waals surface area contributed by atoms with Crippen LogP contribution in [0.4, 0.5) is 17.6 Å². The minimum absolute atomic E-state index is 0.0328. The number of methoxy groups -OCH3 is 1. The number of alkyl halides is 1. The van der Waals surface area contributed by atoms with Gasteiger partial charge in [0.25, 0.3) is 0 Å². The Morgan fingerprint density at radius 3 is 2.44 bits per heavy atom. The number of halogens is 4. The third-order valence-corrected chi connectivity index (χ3v) is 8.03. The van der Waals surface area contributed by atoms with E-state index in [9.17, 15) is 18.0 Å². The number of ether oxygens (including phenoxy) is 2. The molecule has 228 valence electrons. The second kappa shape index (κ2) is 12.0. The Kier molecular flexibility index (Phi) is 7.97. The third kappa shape index (κ3) is 6.09. The highest BCUT2D eigenvalue weighted by Gasteiger charge is 2.44. The van der Waals surface area contributed by atoms with Gasteiger partial charge in [-0.05, 0) is 48.7 Å². The number of fused-ring (bicyclic) bond motifs is 1. The Bertz CT molecular complexity index is 1980. The van der Waals surface area contributed by atoms with Crippen LogP contribution < -0.4 is 4.74 Å². The van der Waals surface area contributed by atoms with Gasteiger partial charge in [0.1, 0.15) is 29.9 Å². The molecular formula is C34H26F4N4O3. The number of nitriles is 1. The third-order valence-electron chi connectivity index (χ3n) is 8.03. The van der Waals surface area contributed by atoms with Crippen molar-refractivity contribution in [2.45, 2.75) is 32.4 Å². The van der Waals surface area contributed by atoms with Crippen LogP contribution in [-0.4, -0.2) is 34.3 Å². The standard InChI is InChI=1S/C34H26F4N4O3/c1-44-33(43)24-14-30-29(15-27(24)38)40-31(42(30)19-34(18-35)9-10-34)13-21-7-8-22(12-26(21)37)28-3-2-4-32(41-28)45-17-23-6-5-20(16-39)11-25(23)36/h2-8,11-12,14-15H,9-10,13,17-19H2,1H3. The zero-order chi connectivity index (χ0) is 31.7. The average Bonchev–Trinajstić information content (AvgIpc) is 3.76. The summed E-state index contributed by atoms with van der Waals surface area (Å²) in [4.78, 5) is 21.1. The van der Waals surface area contributed by atoms with E-state index in [1.54, 1.807) is 34.9 Å². The maximum absolute atomic E-state index is 15.5. The summed E-state index contributed by atoms with van der Waals surface area (Å²) in [6.45, 7) is -0.403. The molecule has 2 heterocycles. The number of hydrogen-bond acceptors (Lipinski definition) is 6. The van der Waals surface area contributed by atoms with E-state index in [0.717, 1.165) is 19.2 Å². The highest BCUT2D eigenvalue weighted by Crippen LogP contribution is 2.48.